The molecule has 3 aliphatic rings. The van der Waals surface area contributed by atoms with E-state index < -0.39 is 10.0 Å². The molecular weight excluding hydrogens is 400 g/mol. The number of rotatable bonds is 4. The second kappa shape index (κ2) is 7.39. The Morgan fingerprint density at radius 1 is 1.00 bits per heavy atom. The maximum absolute atomic E-state index is 13.5. The van der Waals surface area contributed by atoms with Crippen LogP contribution in [0.4, 0.5) is 5.69 Å². The molecule has 1 saturated carbocycles. The van der Waals surface area contributed by atoms with E-state index in [1.54, 1.807) is 35.2 Å². The van der Waals surface area contributed by atoms with E-state index in [0.717, 1.165) is 31.2 Å². The molecule has 1 N–H and O–H groups in total. The van der Waals surface area contributed by atoms with E-state index in [-0.39, 0.29) is 47.9 Å². The van der Waals surface area contributed by atoms with Crippen LogP contribution >= 0.6 is 0 Å². The van der Waals surface area contributed by atoms with E-state index in [0.29, 0.717) is 5.69 Å². The fourth-order valence-corrected chi connectivity index (χ4v) is 7.02. The van der Waals surface area contributed by atoms with E-state index in [2.05, 4.69) is 0 Å². The Kier molecular flexibility index (Phi) is 4.82. The third-order valence-corrected chi connectivity index (χ3v) is 8.73. The molecule has 0 radical (unpaired) electrons. The minimum atomic E-state index is -3.76. The topological polar surface area (TPSA) is 77.9 Å². The predicted molar refractivity (Wildman–Crippen MR) is 114 cm³/mol. The quantitative estimate of drug-likeness (QED) is 0.816. The Morgan fingerprint density at radius 3 is 2.37 bits per heavy atom. The molecule has 0 aromatic heterocycles. The van der Waals surface area contributed by atoms with Gasteiger partial charge in [-0.2, -0.15) is 0 Å². The molecule has 1 aliphatic carbocycles. The highest BCUT2D eigenvalue weighted by molar-refractivity contribution is 7.92. The molecule has 2 heterocycles. The van der Waals surface area contributed by atoms with Crippen molar-refractivity contribution < 1.29 is 18.3 Å². The number of hydrogen-bond donors (Lipinski definition) is 1. The van der Waals surface area contributed by atoms with Crippen LogP contribution in [0.2, 0.25) is 0 Å². The lowest BCUT2D eigenvalue weighted by Gasteiger charge is -2.59. The van der Waals surface area contributed by atoms with Crippen molar-refractivity contribution in [3.05, 3.63) is 60.2 Å². The number of para-hydroxylation sites is 1. The number of aliphatic hydroxyl groups is 1. The summed E-state index contributed by atoms with van der Waals surface area (Å²) in [4.78, 5) is 15.3. The number of amides is 1. The van der Waals surface area contributed by atoms with Gasteiger partial charge in [0.15, 0.2) is 0 Å². The van der Waals surface area contributed by atoms with Gasteiger partial charge in [0.2, 0.25) is 5.91 Å². The molecule has 2 aromatic rings. The van der Waals surface area contributed by atoms with E-state index in [1.165, 1.54) is 4.31 Å². The van der Waals surface area contributed by atoms with Gasteiger partial charge in [0.1, 0.15) is 0 Å². The fraction of sp³-hybridized carbons (Fsp3) is 0.435. The Morgan fingerprint density at radius 2 is 1.67 bits per heavy atom. The van der Waals surface area contributed by atoms with Gasteiger partial charge in [-0.15, -0.1) is 0 Å². The molecule has 3 atom stereocenters. The molecule has 2 aromatic carbocycles. The van der Waals surface area contributed by atoms with Crippen LogP contribution in [-0.4, -0.2) is 49.6 Å². The van der Waals surface area contributed by atoms with Crippen molar-refractivity contribution in [2.45, 2.75) is 48.6 Å². The third kappa shape index (κ3) is 2.87. The zero-order chi connectivity index (χ0) is 20.9. The van der Waals surface area contributed by atoms with Gasteiger partial charge in [0.25, 0.3) is 10.0 Å². The average Bonchev–Trinajstić information content (AvgIpc) is 3.29. The Balaban J connectivity index is 1.55. The molecule has 0 spiro atoms. The van der Waals surface area contributed by atoms with Crippen molar-refractivity contribution in [3.8, 4) is 0 Å². The summed E-state index contributed by atoms with van der Waals surface area (Å²) in [6.07, 6.45) is 3.87. The first-order chi connectivity index (χ1) is 14.5. The van der Waals surface area contributed by atoms with Crippen molar-refractivity contribution >= 4 is 21.6 Å². The van der Waals surface area contributed by atoms with Crippen LogP contribution in [0.15, 0.2) is 59.5 Å². The molecule has 0 unspecified atom stereocenters. The lowest BCUT2D eigenvalue weighted by Crippen LogP contribution is -2.71. The molecule has 0 bridgehead atoms. The number of benzene rings is 2. The Bertz CT molecular complexity index is 1050. The van der Waals surface area contributed by atoms with Gasteiger partial charge in [0, 0.05) is 11.8 Å². The summed E-state index contributed by atoms with van der Waals surface area (Å²) >= 11 is 0. The van der Waals surface area contributed by atoms with Crippen molar-refractivity contribution in [3.63, 3.8) is 0 Å². The smallest absolute Gasteiger partial charge is 0.264 e. The lowest BCUT2D eigenvalue weighted by molar-refractivity contribution is -0.154. The number of fused-ring (bicyclic) bond motifs is 3. The standard InChI is InChI=1S/C23H26N2O4S/c26-15-21-22-18-12-6-7-13-19(18)24(30(28,29)17-10-2-1-3-11-17)14-20(22)25(21)23(27)16-8-4-5-9-16/h1-3,6-7,10-13,16,20-22,26H,4-5,8-9,14-15H2/t20-,21-,22+/m0/s1. The van der Waals surface area contributed by atoms with E-state index in [4.69, 9.17) is 0 Å². The van der Waals surface area contributed by atoms with Gasteiger partial charge >= 0.3 is 0 Å². The number of likely N-dealkylation sites (tertiary alicyclic amines) is 1. The van der Waals surface area contributed by atoms with Crippen molar-refractivity contribution in [1.29, 1.82) is 0 Å². The van der Waals surface area contributed by atoms with Crippen LogP contribution in [0.1, 0.15) is 37.2 Å². The summed E-state index contributed by atoms with van der Waals surface area (Å²) in [5, 5.41) is 10.1. The van der Waals surface area contributed by atoms with Gasteiger partial charge < -0.3 is 10.0 Å². The summed E-state index contributed by atoms with van der Waals surface area (Å²) in [5.41, 5.74) is 1.54. The molecule has 1 saturated heterocycles. The number of nitrogens with zero attached hydrogens (tertiary/aromatic N) is 2. The van der Waals surface area contributed by atoms with Crippen molar-refractivity contribution in [2.75, 3.05) is 17.5 Å². The number of carbonyl (C=O) groups excluding carboxylic acids is 1. The normalized spacial score (nSPS) is 26.1. The number of sulfonamides is 1. The van der Waals surface area contributed by atoms with Gasteiger partial charge in [0.05, 0.1) is 35.8 Å². The van der Waals surface area contributed by atoms with E-state index >= 15 is 0 Å². The van der Waals surface area contributed by atoms with Crippen LogP contribution in [0.5, 0.6) is 0 Å². The van der Waals surface area contributed by atoms with Gasteiger partial charge in [-0.05, 0) is 36.6 Å². The molecule has 6 nitrogen and oxygen atoms in total. The highest BCUT2D eigenvalue weighted by Crippen LogP contribution is 2.50. The van der Waals surface area contributed by atoms with Crippen LogP contribution in [-0.2, 0) is 14.8 Å². The first-order valence-corrected chi connectivity index (χ1v) is 12.1. The number of aliphatic hydroxyl groups excluding tert-OH is 1. The van der Waals surface area contributed by atoms with Crippen molar-refractivity contribution in [1.82, 2.24) is 4.90 Å². The maximum atomic E-state index is 13.5. The minimum Gasteiger partial charge on any atom is -0.394 e. The Labute approximate surface area is 177 Å². The van der Waals surface area contributed by atoms with Gasteiger partial charge in [-0.1, -0.05) is 49.2 Å². The zero-order valence-electron chi connectivity index (χ0n) is 16.7. The molecule has 1 amide bonds. The maximum Gasteiger partial charge on any atom is 0.264 e. The highest BCUT2D eigenvalue weighted by Gasteiger charge is 2.56. The second-order valence-corrected chi connectivity index (χ2v) is 10.3. The number of anilines is 1. The molecule has 30 heavy (non-hydrogen) atoms. The molecular formula is C23H26N2O4S. The monoisotopic (exact) mass is 426 g/mol. The minimum absolute atomic E-state index is 0.00338. The number of carbonyl (C=O) groups is 1. The van der Waals surface area contributed by atoms with Crippen LogP contribution in [0.25, 0.3) is 0 Å². The summed E-state index contributed by atoms with van der Waals surface area (Å²) in [7, 11) is -3.76. The van der Waals surface area contributed by atoms with Gasteiger partial charge in [-0.25, -0.2) is 8.42 Å². The summed E-state index contributed by atoms with van der Waals surface area (Å²) in [5.74, 6) is 0.0272. The molecule has 2 aliphatic heterocycles. The molecule has 5 rings (SSSR count). The largest absolute Gasteiger partial charge is 0.394 e. The van der Waals surface area contributed by atoms with E-state index in [9.17, 15) is 18.3 Å². The lowest BCUT2D eigenvalue weighted by atomic mass is 9.72. The third-order valence-electron chi connectivity index (χ3n) is 6.94. The van der Waals surface area contributed by atoms with Crippen LogP contribution in [0.3, 0.4) is 0 Å². The summed E-state index contributed by atoms with van der Waals surface area (Å²) in [6.45, 7) is 0.104. The predicted octanol–water partition coefficient (Wildman–Crippen LogP) is 2.74. The molecule has 2 fully saturated rings. The fourth-order valence-electron chi connectivity index (χ4n) is 5.49. The second-order valence-electron chi connectivity index (χ2n) is 8.48. The summed E-state index contributed by atoms with van der Waals surface area (Å²) < 4.78 is 28.4. The Hall–Kier alpha value is -2.38. The first-order valence-electron chi connectivity index (χ1n) is 10.6. The number of hydrogen-bond acceptors (Lipinski definition) is 4. The van der Waals surface area contributed by atoms with E-state index in [1.807, 2.05) is 24.3 Å². The zero-order valence-corrected chi connectivity index (χ0v) is 17.5. The van der Waals surface area contributed by atoms with Crippen molar-refractivity contribution in [2.24, 2.45) is 5.92 Å². The molecule has 158 valence electrons. The average molecular weight is 427 g/mol. The highest BCUT2D eigenvalue weighted by atomic mass is 32.2. The summed E-state index contributed by atoms with van der Waals surface area (Å²) in [6, 6.07) is 15.4. The first kappa shape index (κ1) is 19.6. The van der Waals surface area contributed by atoms with Crippen LogP contribution in [0, 0.1) is 5.92 Å². The molecule has 7 heteroatoms. The van der Waals surface area contributed by atoms with Gasteiger partial charge in [-0.3, -0.25) is 9.10 Å². The van der Waals surface area contributed by atoms with Crippen LogP contribution < -0.4 is 4.31 Å². The SMILES string of the molecule is O=C(C1CCCC1)N1[C@@H](CO)[C@@H]2c3ccccc3N(S(=O)(=O)c3ccccc3)C[C@@H]21.